The van der Waals surface area contributed by atoms with Gasteiger partial charge in [-0.2, -0.15) is 0 Å². The molecule has 25 heavy (non-hydrogen) atoms. The first-order valence-corrected chi connectivity index (χ1v) is 9.54. The molecule has 1 aliphatic rings. The molecule has 0 unspecified atom stereocenters. The van der Waals surface area contributed by atoms with Gasteiger partial charge in [-0.25, -0.2) is 17.6 Å². The molecule has 0 saturated carbocycles. The number of fused-ring (bicyclic) bond motifs is 1. The SMILES string of the molecule is Cc1c(F)cccc1NC(=O)Nc1ccc2c(c1)CCN2S(C)(=O)=O. The number of anilines is 3. The van der Waals surface area contributed by atoms with Crippen LogP contribution in [-0.4, -0.2) is 27.2 Å². The van der Waals surface area contributed by atoms with Gasteiger partial charge in [-0.3, -0.25) is 4.31 Å². The van der Waals surface area contributed by atoms with E-state index >= 15 is 0 Å². The molecule has 0 radical (unpaired) electrons. The Morgan fingerprint density at radius 2 is 1.96 bits per heavy atom. The number of hydrogen-bond donors (Lipinski definition) is 2. The van der Waals surface area contributed by atoms with Crippen LogP contribution in [0.25, 0.3) is 0 Å². The van der Waals surface area contributed by atoms with Crippen molar-refractivity contribution in [3.05, 3.63) is 53.3 Å². The van der Waals surface area contributed by atoms with Gasteiger partial charge >= 0.3 is 6.03 Å². The van der Waals surface area contributed by atoms with Crippen molar-refractivity contribution in [1.29, 1.82) is 0 Å². The molecular weight excluding hydrogens is 345 g/mol. The number of carbonyl (C=O) groups excluding carboxylic acids is 1. The molecule has 2 aromatic rings. The molecular formula is C17H18FN3O3S. The van der Waals surface area contributed by atoms with Crippen LogP contribution in [0.1, 0.15) is 11.1 Å². The van der Waals surface area contributed by atoms with E-state index in [0.29, 0.717) is 35.6 Å². The fourth-order valence-corrected chi connectivity index (χ4v) is 3.78. The number of urea groups is 1. The minimum Gasteiger partial charge on any atom is -0.308 e. The van der Waals surface area contributed by atoms with Crippen molar-refractivity contribution in [1.82, 2.24) is 0 Å². The lowest BCUT2D eigenvalue weighted by Gasteiger charge is -2.16. The Hall–Kier alpha value is -2.61. The van der Waals surface area contributed by atoms with Gasteiger partial charge in [0.05, 0.1) is 11.9 Å². The molecule has 2 N–H and O–H groups in total. The molecule has 0 aromatic heterocycles. The molecule has 0 atom stereocenters. The summed E-state index contributed by atoms with van der Waals surface area (Å²) < 4.78 is 38.3. The number of carbonyl (C=O) groups is 1. The number of benzene rings is 2. The van der Waals surface area contributed by atoms with Crippen LogP contribution in [0.15, 0.2) is 36.4 Å². The third-order valence-corrected chi connectivity index (χ3v) is 5.29. The van der Waals surface area contributed by atoms with E-state index in [1.807, 2.05) is 0 Å². The van der Waals surface area contributed by atoms with Crippen LogP contribution in [0.2, 0.25) is 0 Å². The second-order valence-corrected chi connectivity index (χ2v) is 7.83. The van der Waals surface area contributed by atoms with E-state index in [1.54, 1.807) is 31.2 Å². The number of sulfonamides is 1. The van der Waals surface area contributed by atoms with Crippen LogP contribution in [0, 0.1) is 12.7 Å². The lowest BCUT2D eigenvalue weighted by molar-refractivity contribution is 0.262. The Morgan fingerprint density at radius 3 is 2.68 bits per heavy atom. The van der Waals surface area contributed by atoms with E-state index in [-0.39, 0.29) is 0 Å². The number of halogens is 1. The van der Waals surface area contributed by atoms with Crippen molar-refractivity contribution in [2.45, 2.75) is 13.3 Å². The minimum absolute atomic E-state index is 0.357. The molecule has 1 heterocycles. The Balaban J connectivity index is 1.74. The van der Waals surface area contributed by atoms with Gasteiger partial charge in [-0.05, 0) is 49.2 Å². The molecule has 0 aliphatic carbocycles. The molecule has 0 fully saturated rings. The molecule has 1 aliphatic heterocycles. The molecule has 0 bridgehead atoms. The van der Waals surface area contributed by atoms with Gasteiger partial charge < -0.3 is 10.6 Å². The van der Waals surface area contributed by atoms with E-state index in [9.17, 15) is 17.6 Å². The van der Waals surface area contributed by atoms with E-state index in [0.717, 1.165) is 5.56 Å². The third-order valence-electron chi connectivity index (χ3n) is 4.11. The number of hydrogen-bond acceptors (Lipinski definition) is 3. The predicted molar refractivity (Wildman–Crippen MR) is 96.1 cm³/mol. The average molecular weight is 363 g/mol. The minimum atomic E-state index is -3.30. The van der Waals surface area contributed by atoms with Crippen LogP contribution in [-0.2, 0) is 16.4 Å². The zero-order valence-electron chi connectivity index (χ0n) is 13.8. The van der Waals surface area contributed by atoms with Crippen molar-refractivity contribution in [3.8, 4) is 0 Å². The smallest absolute Gasteiger partial charge is 0.308 e. The topological polar surface area (TPSA) is 78.5 Å². The standard InChI is InChI=1S/C17H18FN3O3S/c1-11-14(18)4-3-5-15(11)20-17(22)19-13-6-7-16-12(10-13)8-9-21(16)25(2,23)24/h3-7,10H,8-9H2,1-2H3,(H2,19,20,22). The van der Waals surface area contributed by atoms with Gasteiger partial charge in [0.2, 0.25) is 10.0 Å². The number of nitrogens with zero attached hydrogens (tertiary/aromatic N) is 1. The normalized spacial score (nSPS) is 13.5. The average Bonchev–Trinajstić information content (AvgIpc) is 2.95. The predicted octanol–water partition coefficient (Wildman–Crippen LogP) is 3.10. The Morgan fingerprint density at radius 1 is 1.20 bits per heavy atom. The molecule has 3 rings (SSSR count). The Bertz CT molecular complexity index is 944. The highest BCUT2D eigenvalue weighted by Gasteiger charge is 2.26. The van der Waals surface area contributed by atoms with Crippen molar-refractivity contribution >= 4 is 33.1 Å². The maximum atomic E-state index is 13.5. The highest BCUT2D eigenvalue weighted by Crippen LogP contribution is 2.32. The number of amides is 2. The van der Waals surface area contributed by atoms with Crippen LogP contribution >= 0.6 is 0 Å². The van der Waals surface area contributed by atoms with Gasteiger partial charge in [-0.15, -0.1) is 0 Å². The zero-order chi connectivity index (χ0) is 18.2. The highest BCUT2D eigenvalue weighted by atomic mass is 32.2. The van der Waals surface area contributed by atoms with E-state index in [1.165, 1.54) is 22.7 Å². The second-order valence-electron chi connectivity index (χ2n) is 5.92. The molecule has 2 aromatic carbocycles. The maximum Gasteiger partial charge on any atom is 0.323 e. The highest BCUT2D eigenvalue weighted by molar-refractivity contribution is 7.92. The summed E-state index contributed by atoms with van der Waals surface area (Å²) in [6, 6.07) is 9.03. The lowest BCUT2D eigenvalue weighted by atomic mass is 10.1. The molecule has 132 valence electrons. The van der Waals surface area contributed by atoms with Crippen molar-refractivity contribution in [2.24, 2.45) is 0 Å². The molecule has 8 heteroatoms. The number of rotatable bonds is 3. The quantitative estimate of drug-likeness (QED) is 0.879. The van der Waals surface area contributed by atoms with Crippen LogP contribution < -0.4 is 14.9 Å². The maximum absolute atomic E-state index is 13.5. The first kappa shape index (κ1) is 17.2. The fraction of sp³-hybridized carbons (Fsp3) is 0.235. The monoisotopic (exact) mass is 363 g/mol. The summed E-state index contributed by atoms with van der Waals surface area (Å²) in [6.45, 7) is 1.98. The Kier molecular flexibility index (Phi) is 4.38. The van der Waals surface area contributed by atoms with E-state index < -0.39 is 21.9 Å². The summed E-state index contributed by atoms with van der Waals surface area (Å²) in [5.74, 6) is -0.392. The third kappa shape index (κ3) is 3.58. The molecule has 6 nitrogen and oxygen atoms in total. The van der Waals surface area contributed by atoms with Crippen molar-refractivity contribution < 1.29 is 17.6 Å². The summed E-state index contributed by atoms with van der Waals surface area (Å²) in [7, 11) is -3.30. The van der Waals surface area contributed by atoms with Gasteiger partial charge in [-0.1, -0.05) is 6.07 Å². The zero-order valence-corrected chi connectivity index (χ0v) is 14.7. The fourth-order valence-electron chi connectivity index (χ4n) is 2.82. The second kappa shape index (κ2) is 6.36. The molecule has 2 amide bonds. The Labute approximate surface area is 145 Å². The van der Waals surface area contributed by atoms with Gasteiger partial charge in [0.15, 0.2) is 0 Å². The van der Waals surface area contributed by atoms with Crippen LogP contribution in [0.3, 0.4) is 0 Å². The van der Waals surface area contributed by atoms with E-state index in [4.69, 9.17) is 0 Å². The first-order chi connectivity index (χ1) is 11.8. The largest absolute Gasteiger partial charge is 0.323 e. The summed E-state index contributed by atoms with van der Waals surface area (Å²) in [5.41, 5.74) is 2.78. The van der Waals surface area contributed by atoms with Gasteiger partial charge in [0, 0.05) is 23.5 Å². The van der Waals surface area contributed by atoms with Crippen LogP contribution in [0.4, 0.5) is 26.2 Å². The lowest BCUT2D eigenvalue weighted by Crippen LogP contribution is -2.27. The van der Waals surface area contributed by atoms with Gasteiger partial charge in [0.25, 0.3) is 0 Å². The van der Waals surface area contributed by atoms with Crippen LogP contribution in [0.5, 0.6) is 0 Å². The summed E-state index contributed by atoms with van der Waals surface area (Å²) in [5, 5.41) is 5.28. The van der Waals surface area contributed by atoms with Gasteiger partial charge in [0.1, 0.15) is 5.82 Å². The van der Waals surface area contributed by atoms with Crippen molar-refractivity contribution in [2.75, 3.05) is 27.7 Å². The molecule has 0 saturated heterocycles. The summed E-state index contributed by atoms with van der Waals surface area (Å²) in [6.07, 6.45) is 1.76. The first-order valence-electron chi connectivity index (χ1n) is 7.69. The van der Waals surface area contributed by atoms with Crippen molar-refractivity contribution in [3.63, 3.8) is 0 Å². The molecule has 0 spiro atoms. The summed E-state index contributed by atoms with van der Waals surface area (Å²) >= 11 is 0. The summed E-state index contributed by atoms with van der Waals surface area (Å²) in [4.78, 5) is 12.1. The number of nitrogens with one attached hydrogen (secondary N) is 2. The van der Waals surface area contributed by atoms with E-state index in [2.05, 4.69) is 10.6 Å².